The first-order valence-corrected chi connectivity index (χ1v) is 9.82. The molecule has 1 aliphatic heterocycles. The van der Waals surface area contributed by atoms with Crippen LogP contribution in [0.2, 0.25) is 0 Å². The first kappa shape index (κ1) is 16.9. The lowest BCUT2D eigenvalue weighted by Crippen LogP contribution is -2.20. The van der Waals surface area contributed by atoms with Crippen LogP contribution in [0.25, 0.3) is 0 Å². The van der Waals surface area contributed by atoms with Gasteiger partial charge < -0.3 is 10.2 Å². The van der Waals surface area contributed by atoms with Gasteiger partial charge in [-0.25, -0.2) is 13.8 Å². The molecule has 2 aromatic heterocycles. The molecule has 0 unspecified atom stereocenters. The van der Waals surface area contributed by atoms with Crippen molar-refractivity contribution >= 4 is 17.6 Å². The van der Waals surface area contributed by atoms with Crippen molar-refractivity contribution in [2.45, 2.75) is 63.2 Å². The van der Waals surface area contributed by atoms with E-state index in [0.29, 0.717) is 23.4 Å². The van der Waals surface area contributed by atoms with Crippen LogP contribution in [0.3, 0.4) is 0 Å². The molecule has 5 rings (SSSR count). The van der Waals surface area contributed by atoms with E-state index in [2.05, 4.69) is 25.5 Å². The maximum Gasteiger partial charge on any atom is 0.278 e. The highest BCUT2D eigenvalue weighted by Gasteiger charge is 2.44. The van der Waals surface area contributed by atoms with E-state index in [4.69, 9.17) is 0 Å². The molecule has 6 nitrogen and oxygen atoms in total. The van der Waals surface area contributed by atoms with Gasteiger partial charge in [0.15, 0.2) is 5.82 Å². The lowest BCUT2D eigenvalue weighted by molar-refractivity contribution is -0.00138. The van der Waals surface area contributed by atoms with Crippen LogP contribution in [-0.4, -0.2) is 26.7 Å². The molecule has 1 radical (unpaired) electrons. The first-order valence-electron chi connectivity index (χ1n) is 9.82. The van der Waals surface area contributed by atoms with Crippen molar-refractivity contribution in [3.05, 3.63) is 29.6 Å². The summed E-state index contributed by atoms with van der Waals surface area (Å²) in [6.45, 7) is 2.86. The number of hydrogen-bond acceptors (Lipinski definition) is 5. The molecule has 2 fully saturated rings. The molecule has 0 bridgehead atoms. The predicted molar refractivity (Wildman–Crippen MR) is 98.2 cm³/mol. The zero-order valence-corrected chi connectivity index (χ0v) is 15.1. The summed E-state index contributed by atoms with van der Waals surface area (Å²) in [5.41, 5.74) is 1.44. The van der Waals surface area contributed by atoms with Crippen LogP contribution in [-0.2, 0) is 12.3 Å². The number of alkyl halides is 2. The van der Waals surface area contributed by atoms with Crippen molar-refractivity contribution in [3.8, 4) is 0 Å². The van der Waals surface area contributed by atoms with Gasteiger partial charge in [0, 0.05) is 30.6 Å². The molecule has 0 amide bonds. The number of nitrogens with one attached hydrogen (secondary N) is 2. The minimum absolute atomic E-state index is 0.0733. The topological polar surface area (TPSA) is 69.7 Å². The molecule has 3 aliphatic rings. The summed E-state index contributed by atoms with van der Waals surface area (Å²) in [6, 6.07) is 1.93. The quantitative estimate of drug-likeness (QED) is 0.831. The molecule has 2 aliphatic carbocycles. The van der Waals surface area contributed by atoms with E-state index < -0.39 is 5.92 Å². The summed E-state index contributed by atoms with van der Waals surface area (Å²) in [6.07, 6.45) is 6.81. The van der Waals surface area contributed by atoms with Gasteiger partial charge in [-0.3, -0.25) is 5.10 Å². The monoisotopic (exact) mass is 373 g/mol. The van der Waals surface area contributed by atoms with Gasteiger partial charge in [-0.1, -0.05) is 12.8 Å². The Labute approximate surface area is 156 Å². The Morgan fingerprint density at radius 2 is 2.04 bits per heavy atom. The number of aromatic amines is 1. The maximum atomic E-state index is 14.5. The molecule has 1 saturated carbocycles. The van der Waals surface area contributed by atoms with Crippen LogP contribution >= 0.6 is 0 Å². The summed E-state index contributed by atoms with van der Waals surface area (Å²) >= 11 is 0. The van der Waals surface area contributed by atoms with Crippen LogP contribution in [0.1, 0.15) is 67.8 Å². The second-order valence-corrected chi connectivity index (χ2v) is 7.73. The largest absolute Gasteiger partial charge is 0.336 e. The standard InChI is InChI=1S/C19H23F2N6/c20-19(21)8-7-13-16(19)17(24-18(22-13)27-9-3-4-10-27)23-15-11-14(25-26-15)12-5-1-2-6-12/h9,11-12H,1-8,10H2,(H2,22,23,24,25,26). The van der Waals surface area contributed by atoms with Crippen LogP contribution < -0.4 is 10.2 Å². The number of aryl methyl sites for hydroxylation is 1. The van der Waals surface area contributed by atoms with E-state index in [1.165, 1.54) is 12.8 Å². The number of aromatic nitrogens is 4. The van der Waals surface area contributed by atoms with Crippen molar-refractivity contribution < 1.29 is 8.78 Å². The third-order valence-electron chi connectivity index (χ3n) is 5.86. The van der Waals surface area contributed by atoms with Crippen LogP contribution in [0.5, 0.6) is 0 Å². The number of anilines is 3. The Morgan fingerprint density at radius 1 is 1.19 bits per heavy atom. The van der Waals surface area contributed by atoms with Gasteiger partial charge in [-0.2, -0.15) is 10.1 Å². The zero-order valence-electron chi connectivity index (χ0n) is 15.1. The molecule has 1 saturated heterocycles. The number of hydrogen-bond donors (Lipinski definition) is 2. The Balaban J connectivity index is 1.48. The lowest BCUT2D eigenvalue weighted by atomic mass is 10.0. The summed E-state index contributed by atoms with van der Waals surface area (Å²) in [5.74, 6) is -1.20. The Bertz CT molecular complexity index is 837. The molecule has 2 N–H and O–H groups in total. The highest BCUT2D eigenvalue weighted by molar-refractivity contribution is 5.62. The van der Waals surface area contributed by atoms with Gasteiger partial charge in [0.2, 0.25) is 5.95 Å². The molecule has 3 heterocycles. The minimum Gasteiger partial charge on any atom is -0.336 e. The maximum absolute atomic E-state index is 14.5. The smallest absolute Gasteiger partial charge is 0.278 e. The minimum atomic E-state index is -2.91. The molecular weight excluding hydrogens is 350 g/mol. The highest BCUT2D eigenvalue weighted by atomic mass is 19.3. The molecule has 8 heteroatoms. The van der Waals surface area contributed by atoms with E-state index in [-0.39, 0.29) is 24.2 Å². The van der Waals surface area contributed by atoms with E-state index in [1.54, 1.807) is 0 Å². The van der Waals surface area contributed by atoms with Gasteiger partial charge in [-0.15, -0.1) is 0 Å². The SMILES string of the molecule is FC1(F)CCc2nc(N3[CH]CCC3)nc(Nc3cc(C4CCCC4)[nH]n3)c21. The first-order chi connectivity index (χ1) is 13.1. The molecule has 0 atom stereocenters. The van der Waals surface area contributed by atoms with Crippen molar-refractivity contribution in [2.75, 3.05) is 16.8 Å². The van der Waals surface area contributed by atoms with E-state index in [9.17, 15) is 8.78 Å². The lowest BCUT2D eigenvalue weighted by Gasteiger charge is -2.19. The Hall–Kier alpha value is -2.25. The fourth-order valence-electron chi connectivity index (χ4n) is 4.43. The zero-order chi connectivity index (χ0) is 18.4. The van der Waals surface area contributed by atoms with E-state index in [1.807, 2.05) is 17.5 Å². The Kier molecular flexibility index (Phi) is 4.02. The van der Waals surface area contributed by atoms with Gasteiger partial charge >= 0.3 is 0 Å². The average Bonchev–Trinajstić information content (AvgIpc) is 3.43. The van der Waals surface area contributed by atoms with Gasteiger partial charge in [0.05, 0.1) is 17.8 Å². The Morgan fingerprint density at radius 3 is 2.81 bits per heavy atom. The van der Waals surface area contributed by atoms with Crippen molar-refractivity contribution in [2.24, 2.45) is 0 Å². The van der Waals surface area contributed by atoms with E-state index in [0.717, 1.165) is 37.9 Å². The third kappa shape index (κ3) is 3.04. The van der Waals surface area contributed by atoms with Crippen LogP contribution in [0.15, 0.2) is 6.07 Å². The number of nitrogens with zero attached hydrogens (tertiary/aromatic N) is 4. The van der Waals surface area contributed by atoms with Crippen molar-refractivity contribution in [1.29, 1.82) is 0 Å². The third-order valence-corrected chi connectivity index (χ3v) is 5.86. The molecule has 27 heavy (non-hydrogen) atoms. The van der Waals surface area contributed by atoms with E-state index >= 15 is 0 Å². The molecule has 0 spiro atoms. The van der Waals surface area contributed by atoms with Gasteiger partial charge in [-0.05, 0) is 32.1 Å². The molecule has 2 aromatic rings. The second kappa shape index (κ2) is 6.42. The van der Waals surface area contributed by atoms with Crippen molar-refractivity contribution in [1.82, 2.24) is 20.2 Å². The predicted octanol–water partition coefficient (Wildman–Crippen LogP) is 4.40. The number of halogens is 2. The van der Waals surface area contributed by atoms with Crippen LogP contribution in [0.4, 0.5) is 26.4 Å². The molecule has 0 aromatic carbocycles. The fourth-order valence-corrected chi connectivity index (χ4v) is 4.43. The second-order valence-electron chi connectivity index (χ2n) is 7.73. The van der Waals surface area contributed by atoms with Crippen molar-refractivity contribution in [3.63, 3.8) is 0 Å². The number of H-pyrrole nitrogens is 1. The summed E-state index contributed by atoms with van der Waals surface area (Å²) < 4.78 is 29.0. The van der Waals surface area contributed by atoms with Crippen LogP contribution in [0, 0.1) is 6.54 Å². The summed E-state index contributed by atoms with van der Waals surface area (Å²) in [5, 5.41) is 10.4. The molecular formula is C19H23F2N6. The number of rotatable bonds is 4. The normalized spacial score (nSPS) is 21.8. The number of fused-ring (bicyclic) bond motifs is 1. The summed E-state index contributed by atoms with van der Waals surface area (Å²) in [4.78, 5) is 10.9. The van der Waals surface area contributed by atoms with Gasteiger partial charge in [0.25, 0.3) is 5.92 Å². The van der Waals surface area contributed by atoms with Gasteiger partial charge in [0.1, 0.15) is 5.82 Å². The average molecular weight is 373 g/mol. The fraction of sp³-hybridized carbons (Fsp3) is 0.579. The highest BCUT2D eigenvalue weighted by Crippen LogP contribution is 2.45. The summed E-state index contributed by atoms with van der Waals surface area (Å²) in [7, 11) is 0. The molecule has 143 valence electrons.